The van der Waals surface area contributed by atoms with Crippen molar-refractivity contribution in [2.75, 3.05) is 26.8 Å². The Balaban J connectivity index is 1.50. The maximum absolute atomic E-state index is 13.4. The summed E-state index contributed by atoms with van der Waals surface area (Å²) < 4.78 is 10.9. The van der Waals surface area contributed by atoms with E-state index in [1.54, 1.807) is 19.2 Å². The molecule has 35 heavy (non-hydrogen) atoms. The number of nitrogens with one attached hydrogen (secondary N) is 2. The fourth-order valence-electron chi connectivity index (χ4n) is 5.01. The zero-order valence-corrected chi connectivity index (χ0v) is 20.3. The van der Waals surface area contributed by atoms with Crippen molar-refractivity contribution in [2.24, 2.45) is 0 Å². The Morgan fingerprint density at radius 1 is 0.943 bits per heavy atom. The number of esters is 1. The van der Waals surface area contributed by atoms with Crippen LogP contribution in [0.25, 0.3) is 0 Å². The molecule has 0 saturated carbocycles. The number of methoxy groups -OCH3 is 1. The van der Waals surface area contributed by atoms with Gasteiger partial charge in [0.15, 0.2) is 0 Å². The third kappa shape index (κ3) is 4.93. The number of para-hydroxylation sites is 1. The number of hydrogen-bond acceptors (Lipinski definition) is 5. The predicted molar refractivity (Wildman–Crippen MR) is 136 cm³/mol. The standard InChI is InChI=1S/C29H32N2O4/c1-3-35-28(33)29(21-11-5-4-6-12-21)18-17-25(22-13-7-9-15-24(22)29)30-19-20-31-27(32)23-14-8-10-16-26(23)34-2/h4-16,25,30H,3,17-20H2,1-2H3,(H,31,32)/t25?,29-/m0/s1. The number of hydrogen-bond donors (Lipinski definition) is 2. The number of benzene rings is 3. The topological polar surface area (TPSA) is 76.7 Å². The summed E-state index contributed by atoms with van der Waals surface area (Å²) in [5.41, 5.74) is 2.70. The molecule has 4 rings (SSSR count). The fraction of sp³-hybridized carbons (Fsp3) is 0.310. The molecule has 6 nitrogen and oxygen atoms in total. The summed E-state index contributed by atoms with van der Waals surface area (Å²) in [5.74, 6) is 0.176. The van der Waals surface area contributed by atoms with E-state index in [1.807, 2.05) is 67.6 Å². The SMILES string of the molecule is CCOC(=O)[C@]1(c2ccccc2)CCC(NCCNC(=O)c2ccccc2OC)c2ccccc21. The van der Waals surface area contributed by atoms with Crippen LogP contribution in [0.4, 0.5) is 0 Å². The molecular formula is C29H32N2O4. The van der Waals surface area contributed by atoms with E-state index in [-0.39, 0.29) is 17.9 Å². The van der Waals surface area contributed by atoms with Gasteiger partial charge in [0.1, 0.15) is 11.2 Å². The highest BCUT2D eigenvalue weighted by Crippen LogP contribution is 2.47. The molecule has 0 bridgehead atoms. The van der Waals surface area contributed by atoms with Gasteiger partial charge in [-0.3, -0.25) is 9.59 Å². The van der Waals surface area contributed by atoms with Crippen LogP contribution in [-0.2, 0) is 14.9 Å². The molecule has 1 aliphatic carbocycles. The molecule has 3 aromatic carbocycles. The Bertz CT molecular complexity index is 1160. The minimum absolute atomic E-state index is 0.0700. The van der Waals surface area contributed by atoms with E-state index in [2.05, 4.69) is 16.7 Å². The van der Waals surface area contributed by atoms with E-state index in [0.29, 0.717) is 37.4 Å². The van der Waals surface area contributed by atoms with Crippen LogP contribution < -0.4 is 15.4 Å². The Hall–Kier alpha value is -3.64. The lowest BCUT2D eigenvalue weighted by Crippen LogP contribution is -2.45. The van der Waals surface area contributed by atoms with Gasteiger partial charge in [-0.1, -0.05) is 66.7 Å². The lowest BCUT2D eigenvalue weighted by Gasteiger charge is -2.40. The lowest BCUT2D eigenvalue weighted by atomic mass is 9.64. The number of fused-ring (bicyclic) bond motifs is 1. The molecular weight excluding hydrogens is 440 g/mol. The summed E-state index contributed by atoms with van der Waals surface area (Å²) in [5, 5.41) is 6.53. The Labute approximate surface area is 206 Å². The normalized spacial score (nSPS) is 18.9. The third-order valence-corrected chi connectivity index (χ3v) is 6.65. The molecule has 0 heterocycles. The van der Waals surface area contributed by atoms with Crippen molar-refractivity contribution in [3.05, 3.63) is 101 Å². The van der Waals surface area contributed by atoms with Crippen LogP contribution in [0.5, 0.6) is 5.75 Å². The van der Waals surface area contributed by atoms with Crippen LogP contribution in [0, 0.1) is 0 Å². The van der Waals surface area contributed by atoms with Crippen molar-refractivity contribution >= 4 is 11.9 Å². The summed E-state index contributed by atoms with van der Waals surface area (Å²) in [6.07, 6.45) is 1.41. The second-order valence-electron chi connectivity index (χ2n) is 8.58. The molecule has 1 unspecified atom stereocenters. The molecule has 3 aromatic rings. The molecule has 0 fully saturated rings. The largest absolute Gasteiger partial charge is 0.496 e. The van der Waals surface area contributed by atoms with Crippen molar-refractivity contribution < 1.29 is 19.1 Å². The summed E-state index contributed by atoms with van der Waals surface area (Å²) in [6.45, 7) is 3.24. The minimum atomic E-state index is -0.829. The molecule has 2 atom stereocenters. The van der Waals surface area contributed by atoms with E-state index in [9.17, 15) is 9.59 Å². The zero-order valence-electron chi connectivity index (χ0n) is 20.3. The quantitative estimate of drug-likeness (QED) is 0.357. The predicted octanol–water partition coefficient (Wildman–Crippen LogP) is 4.40. The molecule has 0 aromatic heterocycles. The minimum Gasteiger partial charge on any atom is -0.496 e. The second kappa shape index (κ2) is 11.2. The zero-order chi connectivity index (χ0) is 24.7. The second-order valence-corrected chi connectivity index (χ2v) is 8.58. The van der Waals surface area contributed by atoms with Gasteiger partial charge in [0.05, 0.1) is 19.3 Å². The first-order chi connectivity index (χ1) is 17.1. The monoisotopic (exact) mass is 472 g/mol. The van der Waals surface area contributed by atoms with Gasteiger partial charge in [-0.15, -0.1) is 0 Å². The Morgan fingerprint density at radius 3 is 2.43 bits per heavy atom. The Kier molecular flexibility index (Phi) is 7.83. The maximum Gasteiger partial charge on any atom is 0.321 e. The molecule has 0 spiro atoms. The molecule has 0 radical (unpaired) electrons. The van der Waals surface area contributed by atoms with Crippen LogP contribution in [0.3, 0.4) is 0 Å². The first kappa shape index (κ1) is 24.5. The number of carbonyl (C=O) groups excluding carboxylic acids is 2. The van der Waals surface area contributed by atoms with E-state index in [4.69, 9.17) is 9.47 Å². The van der Waals surface area contributed by atoms with Crippen LogP contribution >= 0.6 is 0 Å². The van der Waals surface area contributed by atoms with Gasteiger partial charge in [0.2, 0.25) is 0 Å². The highest BCUT2D eigenvalue weighted by atomic mass is 16.5. The molecule has 2 N–H and O–H groups in total. The average Bonchev–Trinajstić information content (AvgIpc) is 2.91. The van der Waals surface area contributed by atoms with E-state index >= 15 is 0 Å². The number of ether oxygens (including phenoxy) is 2. The van der Waals surface area contributed by atoms with Gasteiger partial charge in [0, 0.05) is 19.1 Å². The van der Waals surface area contributed by atoms with Crippen LogP contribution in [0.15, 0.2) is 78.9 Å². The van der Waals surface area contributed by atoms with Crippen molar-refractivity contribution in [3.63, 3.8) is 0 Å². The number of amides is 1. The third-order valence-electron chi connectivity index (χ3n) is 6.65. The van der Waals surface area contributed by atoms with Crippen molar-refractivity contribution in [1.82, 2.24) is 10.6 Å². The van der Waals surface area contributed by atoms with Crippen molar-refractivity contribution in [2.45, 2.75) is 31.2 Å². The first-order valence-electron chi connectivity index (χ1n) is 12.1. The van der Waals surface area contributed by atoms with Gasteiger partial charge in [-0.25, -0.2) is 0 Å². The smallest absolute Gasteiger partial charge is 0.321 e. The molecule has 1 amide bonds. The molecule has 182 valence electrons. The van der Waals surface area contributed by atoms with Crippen LogP contribution in [-0.4, -0.2) is 38.7 Å². The summed E-state index contributed by atoms with van der Waals surface area (Å²) in [7, 11) is 1.56. The molecule has 6 heteroatoms. The maximum atomic E-state index is 13.4. The number of carbonyl (C=O) groups is 2. The highest BCUT2D eigenvalue weighted by molar-refractivity contribution is 5.96. The van der Waals surface area contributed by atoms with E-state index < -0.39 is 5.41 Å². The van der Waals surface area contributed by atoms with Gasteiger partial charge in [-0.2, -0.15) is 0 Å². The molecule has 1 aliphatic rings. The van der Waals surface area contributed by atoms with E-state index in [0.717, 1.165) is 23.1 Å². The summed E-state index contributed by atoms with van der Waals surface area (Å²) >= 11 is 0. The first-order valence-corrected chi connectivity index (χ1v) is 12.1. The van der Waals surface area contributed by atoms with Gasteiger partial charge in [0.25, 0.3) is 5.91 Å². The van der Waals surface area contributed by atoms with Crippen molar-refractivity contribution in [3.8, 4) is 5.75 Å². The summed E-state index contributed by atoms with van der Waals surface area (Å²) in [4.78, 5) is 26.0. The van der Waals surface area contributed by atoms with E-state index in [1.165, 1.54) is 0 Å². The highest BCUT2D eigenvalue weighted by Gasteiger charge is 2.48. The average molecular weight is 473 g/mol. The van der Waals surface area contributed by atoms with Crippen LogP contribution in [0.2, 0.25) is 0 Å². The molecule has 0 saturated heterocycles. The summed E-state index contributed by atoms with van der Waals surface area (Å²) in [6, 6.07) is 25.3. The van der Waals surface area contributed by atoms with Crippen LogP contribution in [0.1, 0.15) is 52.9 Å². The van der Waals surface area contributed by atoms with Gasteiger partial charge < -0.3 is 20.1 Å². The fourth-order valence-corrected chi connectivity index (χ4v) is 5.01. The van der Waals surface area contributed by atoms with Gasteiger partial charge >= 0.3 is 5.97 Å². The molecule has 0 aliphatic heterocycles. The number of rotatable bonds is 9. The van der Waals surface area contributed by atoms with Gasteiger partial charge in [-0.05, 0) is 48.6 Å². The Morgan fingerprint density at radius 2 is 1.66 bits per heavy atom. The van der Waals surface area contributed by atoms with Crippen molar-refractivity contribution in [1.29, 1.82) is 0 Å². The lowest BCUT2D eigenvalue weighted by molar-refractivity contribution is -0.149.